The van der Waals surface area contributed by atoms with Gasteiger partial charge >= 0.3 is 5.69 Å². The lowest BCUT2D eigenvalue weighted by Gasteiger charge is -2.12. The number of hydrogen-bond acceptors (Lipinski definition) is 8. The van der Waals surface area contributed by atoms with E-state index in [0.29, 0.717) is 28.8 Å². The predicted octanol–water partition coefficient (Wildman–Crippen LogP) is 12.1. The van der Waals surface area contributed by atoms with E-state index in [1.807, 2.05) is 0 Å². The molecular formula is C34H45ClN4O6. The Morgan fingerprint density at radius 3 is 1.89 bits per heavy atom. The number of phenols is 1. The highest BCUT2D eigenvalue weighted by molar-refractivity contribution is 6.33. The summed E-state index contributed by atoms with van der Waals surface area (Å²) in [7, 11) is 0. The minimum absolute atomic E-state index is 0.0242. The zero-order valence-electron chi connectivity index (χ0n) is 26.2. The third-order valence-corrected chi connectivity index (χ3v) is 8.19. The molecule has 244 valence electrons. The van der Waals surface area contributed by atoms with Crippen LogP contribution in [0.4, 0.5) is 22.7 Å². The third-order valence-electron chi connectivity index (χ3n) is 7.91. The van der Waals surface area contributed by atoms with E-state index in [0.717, 1.165) is 31.4 Å². The summed E-state index contributed by atoms with van der Waals surface area (Å²) in [5, 5.41) is 42.1. The average Bonchev–Trinajstić information content (AvgIpc) is 3.02. The van der Waals surface area contributed by atoms with Crippen molar-refractivity contribution >= 4 is 45.1 Å². The molecule has 0 radical (unpaired) electrons. The lowest BCUT2D eigenvalue weighted by Crippen LogP contribution is -1.98. The van der Waals surface area contributed by atoms with Gasteiger partial charge in [-0.05, 0) is 24.6 Å². The van der Waals surface area contributed by atoms with Crippen molar-refractivity contribution in [3.63, 3.8) is 0 Å². The van der Waals surface area contributed by atoms with Gasteiger partial charge < -0.3 is 9.84 Å². The van der Waals surface area contributed by atoms with Crippen LogP contribution in [0.2, 0.25) is 5.02 Å². The molecule has 0 spiro atoms. The van der Waals surface area contributed by atoms with Crippen LogP contribution in [0.15, 0.2) is 52.7 Å². The van der Waals surface area contributed by atoms with Gasteiger partial charge in [0.2, 0.25) is 0 Å². The van der Waals surface area contributed by atoms with Crippen molar-refractivity contribution in [1.29, 1.82) is 0 Å². The van der Waals surface area contributed by atoms with E-state index in [-0.39, 0.29) is 16.5 Å². The molecule has 0 aliphatic heterocycles. The van der Waals surface area contributed by atoms with Gasteiger partial charge in [-0.3, -0.25) is 20.2 Å². The molecule has 0 aromatic heterocycles. The maximum absolute atomic E-state index is 11.6. The number of ether oxygens (including phenoxy) is 1. The Balaban J connectivity index is 1.48. The Kier molecular flexibility index (Phi) is 15.5. The normalized spacial score (nSPS) is 11.4. The van der Waals surface area contributed by atoms with Gasteiger partial charge in [0.25, 0.3) is 5.69 Å². The average molecular weight is 641 g/mol. The molecule has 1 N–H and O–H groups in total. The van der Waals surface area contributed by atoms with Crippen molar-refractivity contribution in [2.75, 3.05) is 6.61 Å². The van der Waals surface area contributed by atoms with Gasteiger partial charge in [0.05, 0.1) is 38.6 Å². The molecule has 3 rings (SSSR count). The Morgan fingerprint density at radius 2 is 1.33 bits per heavy atom. The highest BCUT2D eigenvalue weighted by Gasteiger charge is 2.24. The first-order valence-corrected chi connectivity index (χ1v) is 16.6. The number of nitro benzene ring substituents is 2. The molecule has 0 aliphatic carbocycles. The molecule has 0 heterocycles. The molecule has 11 heteroatoms. The standard InChI is InChI=1S/C34H45ClN4O6/c1-2-3-4-5-6-7-8-9-10-11-12-13-14-15-16-17-23-45-32-20-18-19-27-31(40)22-21-29(33(27)32)36-37-34-28(35)24-26(38(41)42)25-30(34)39(43)44/h18-22,24-25,40H,2-17,23H2,1H3/b37-36+. The minimum Gasteiger partial charge on any atom is -0.507 e. The first-order chi connectivity index (χ1) is 21.8. The van der Waals surface area contributed by atoms with Gasteiger partial charge in [-0.25, -0.2) is 0 Å². The summed E-state index contributed by atoms with van der Waals surface area (Å²) in [6.07, 6.45) is 20.6. The van der Waals surface area contributed by atoms with Gasteiger partial charge in [0.1, 0.15) is 11.5 Å². The quantitative estimate of drug-likeness (QED) is 0.0501. The Labute approximate surface area is 270 Å². The third kappa shape index (κ3) is 11.6. The number of phenolic OH excluding ortho intramolecular Hbond substituents is 1. The first-order valence-electron chi connectivity index (χ1n) is 16.2. The van der Waals surface area contributed by atoms with Crippen molar-refractivity contribution in [2.24, 2.45) is 10.2 Å². The summed E-state index contributed by atoms with van der Waals surface area (Å²) >= 11 is 6.12. The monoisotopic (exact) mass is 640 g/mol. The van der Waals surface area contributed by atoms with Crippen LogP contribution in [0.3, 0.4) is 0 Å². The van der Waals surface area contributed by atoms with Crippen LogP contribution in [0, 0.1) is 20.2 Å². The number of hydrogen-bond donors (Lipinski definition) is 1. The van der Waals surface area contributed by atoms with Gasteiger partial charge in [-0.2, -0.15) is 0 Å². The molecule has 0 atom stereocenters. The van der Waals surface area contributed by atoms with E-state index >= 15 is 0 Å². The lowest BCUT2D eigenvalue weighted by molar-refractivity contribution is -0.393. The summed E-state index contributed by atoms with van der Waals surface area (Å²) in [4.78, 5) is 21.1. The Hall–Kier alpha value is -3.79. The Morgan fingerprint density at radius 1 is 0.756 bits per heavy atom. The maximum atomic E-state index is 11.6. The topological polar surface area (TPSA) is 140 Å². The van der Waals surface area contributed by atoms with Crippen LogP contribution >= 0.6 is 11.6 Å². The summed E-state index contributed by atoms with van der Waals surface area (Å²) in [5.74, 6) is 0.527. The molecule has 10 nitrogen and oxygen atoms in total. The van der Waals surface area contributed by atoms with Crippen molar-refractivity contribution in [2.45, 2.75) is 110 Å². The van der Waals surface area contributed by atoms with Crippen LogP contribution in [0.25, 0.3) is 10.8 Å². The van der Waals surface area contributed by atoms with Crippen molar-refractivity contribution in [3.8, 4) is 11.5 Å². The fourth-order valence-electron chi connectivity index (χ4n) is 5.39. The van der Waals surface area contributed by atoms with Gasteiger partial charge in [-0.1, -0.05) is 127 Å². The van der Waals surface area contributed by atoms with Crippen LogP contribution in [0.1, 0.15) is 110 Å². The predicted molar refractivity (Wildman–Crippen MR) is 180 cm³/mol. The summed E-state index contributed by atoms with van der Waals surface area (Å²) in [6, 6.07) is 10.0. The number of azo groups is 1. The number of nitro groups is 2. The minimum atomic E-state index is -0.797. The van der Waals surface area contributed by atoms with Crippen LogP contribution in [-0.2, 0) is 0 Å². The molecule has 0 bridgehead atoms. The van der Waals surface area contributed by atoms with Gasteiger partial charge in [0.15, 0.2) is 5.69 Å². The lowest BCUT2D eigenvalue weighted by atomic mass is 10.0. The van der Waals surface area contributed by atoms with Gasteiger partial charge in [-0.15, -0.1) is 10.2 Å². The van der Waals surface area contributed by atoms with E-state index in [1.54, 1.807) is 18.2 Å². The van der Waals surface area contributed by atoms with Crippen molar-refractivity contribution in [3.05, 3.63) is 67.7 Å². The molecule has 0 unspecified atom stereocenters. The largest absolute Gasteiger partial charge is 0.507 e. The summed E-state index contributed by atoms with van der Waals surface area (Å²) < 4.78 is 6.09. The van der Waals surface area contributed by atoms with Crippen LogP contribution < -0.4 is 4.74 Å². The number of nitrogens with zero attached hydrogens (tertiary/aromatic N) is 4. The fourth-order valence-corrected chi connectivity index (χ4v) is 5.64. The first kappa shape index (κ1) is 35.7. The second-order valence-corrected chi connectivity index (χ2v) is 11.9. The second kappa shape index (κ2) is 19.6. The number of fused-ring (bicyclic) bond motifs is 1. The number of rotatable bonds is 22. The number of halogens is 1. The Bertz CT molecular complexity index is 1430. The number of aromatic hydroxyl groups is 1. The van der Waals surface area contributed by atoms with Crippen molar-refractivity contribution in [1.82, 2.24) is 0 Å². The van der Waals surface area contributed by atoms with E-state index in [9.17, 15) is 25.3 Å². The SMILES string of the molecule is CCCCCCCCCCCCCCCCCCOc1cccc2c(O)ccc(/N=N/c3c(Cl)cc([N+](=O)[O-])cc3[N+](=O)[O-])c12. The summed E-state index contributed by atoms with van der Waals surface area (Å²) in [5.41, 5.74) is -1.17. The number of benzene rings is 3. The molecule has 0 amide bonds. The highest BCUT2D eigenvalue weighted by atomic mass is 35.5. The van der Waals surface area contributed by atoms with Crippen molar-refractivity contribution < 1.29 is 19.7 Å². The molecular weight excluding hydrogens is 596 g/mol. The molecule has 0 saturated carbocycles. The van der Waals surface area contributed by atoms with Gasteiger partial charge in [0, 0.05) is 11.5 Å². The highest BCUT2D eigenvalue weighted by Crippen LogP contribution is 2.42. The van der Waals surface area contributed by atoms with E-state index < -0.39 is 21.2 Å². The number of unbranched alkanes of at least 4 members (excludes halogenated alkanes) is 15. The van der Waals surface area contributed by atoms with E-state index in [2.05, 4.69) is 17.2 Å². The molecule has 3 aromatic carbocycles. The number of non-ortho nitro benzene ring substituents is 1. The van der Waals surface area contributed by atoms with Crippen LogP contribution in [0.5, 0.6) is 11.5 Å². The molecule has 3 aromatic rings. The molecule has 45 heavy (non-hydrogen) atoms. The zero-order chi connectivity index (χ0) is 32.4. The second-order valence-electron chi connectivity index (χ2n) is 11.4. The molecule has 0 aliphatic rings. The smallest absolute Gasteiger partial charge is 0.305 e. The van der Waals surface area contributed by atoms with E-state index in [1.165, 1.54) is 95.6 Å². The molecule has 0 fully saturated rings. The van der Waals surface area contributed by atoms with Crippen LogP contribution in [-0.4, -0.2) is 21.6 Å². The van der Waals surface area contributed by atoms with E-state index in [4.69, 9.17) is 16.3 Å². The fraction of sp³-hybridized carbons (Fsp3) is 0.529. The summed E-state index contributed by atoms with van der Waals surface area (Å²) in [6.45, 7) is 2.75. The maximum Gasteiger partial charge on any atom is 0.305 e. The molecule has 0 saturated heterocycles. The zero-order valence-corrected chi connectivity index (χ0v) is 27.0.